The summed E-state index contributed by atoms with van der Waals surface area (Å²) in [5.74, 6) is 1.34. The number of guanidine groups is 1. The van der Waals surface area contributed by atoms with E-state index in [1.807, 2.05) is 13.8 Å². The normalized spacial score (nSPS) is 21.9. The number of rotatable bonds is 8. The van der Waals surface area contributed by atoms with Gasteiger partial charge in [0.1, 0.15) is 0 Å². The van der Waals surface area contributed by atoms with Crippen molar-refractivity contribution in [1.82, 2.24) is 15.4 Å². The molecule has 0 aliphatic heterocycles. The summed E-state index contributed by atoms with van der Waals surface area (Å²) < 4.78 is 39.3. The molecule has 3 atom stereocenters. The summed E-state index contributed by atoms with van der Waals surface area (Å²) in [5, 5.41) is 6.77. The highest BCUT2D eigenvalue weighted by atomic mass is 32.2. The number of benzene rings is 1. The van der Waals surface area contributed by atoms with Crippen LogP contribution in [-0.4, -0.2) is 55.8 Å². The lowest BCUT2D eigenvalue weighted by Gasteiger charge is -2.30. The lowest BCUT2D eigenvalue weighted by atomic mass is 9.95. The van der Waals surface area contributed by atoms with Crippen molar-refractivity contribution >= 4 is 26.8 Å². The van der Waals surface area contributed by atoms with Gasteiger partial charge in [-0.1, -0.05) is 31.0 Å². The quantitative estimate of drug-likeness (QED) is 0.331. The van der Waals surface area contributed by atoms with Gasteiger partial charge in [0.15, 0.2) is 5.96 Å². The van der Waals surface area contributed by atoms with E-state index in [-0.39, 0.29) is 22.7 Å². The van der Waals surface area contributed by atoms with Crippen LogP contribution >= 0.6 is 0 Å². The van der Waals surface area contributed by atoms with Crippen molar-refractivity contribution in [3.8, 4) is 0 Å². The molecular weight excluding hydrogens is 396 g/mol. The Kier molecular flexibility index (Phi) is 8.91. The molecule has 0 heterocycles. The molecule has 7 nitrogen and oxygen atoms in total. The maximum atomic E-state index is 12.3. The van der Waals surface area contributed by atoms with E-state index in [1.165, 1.54) is 0 Å². The van der Waals surface area contributed by atoms with Crippen molar-refractivity contribution in [3.63, 3.8) is 0 Å². The molecule has 3 N–H and O–H groups in total. The van der Waals surface area contributed by atoms with Gasteiger partial charge in [-0.25, -0.2) is 13.1 Å². The summed E-state index contributed by atoms with van der Waals surface area (Å²) in [5.41, 5.74) is 1.02. The average molecular weight is 429 g/mol. The predicted molar refractivity (Wildman–Crippen MR) is 116 cm³/mol. The highest BCUT2D eigenvalue weighted by Crippen LogP contribution is 2.22. The van der Waals surface area contributed by atoms with Crippen LogP contribution in [-0.2, 0) is 20.8 Å². The zero-order valence-electron chi connectivity index (χ0n) is 16.9. The molecule has 3 unspecified atom stereocenters. The number of nitrogens with zero attached hydrogens (tertiary/aromatic N) is 1. The maximum absolute atomic E-state index is 12.3. The zero-order valence-corrected chi connectivity index (χ0v) is 18.5. The van der Waals surface area contributed by atoms with Gasteiger partial charge in [0, 0.05) is 48.0 Å². The minimum absolute atomic E-state index is 0.240. The molecule has 1 aliphatic carbocycles. The number of nitrogens with one attached hydrogen (secondary N) is 3. The fourth-order valence-electron chi connectivity index (χ4n) is 3.31. The van der Waals surface area contributed by atoms with E-state index in [0.717, 1.165) is 31.2 Å². The molecule has 0 spiro atoms. The average Bonchev–Trinajstić information content (AvgIpc) is 2.70. The van der Waals surface area contributed by atoms with Crippen molar-refractivity contribution in [1.29, 1.82) is 0 Å². The van der Waals surface area contributed by atoms with Crippen molar-refractivity contribution in [2.24, 2.45) is 4.99 Å². The van der Waals surface area contributed by atoms with Gasteiger partial charge in [-0.05, 0) is 38.3 Å². The summed E-state index contributed by atoms with van der Waals surface area (Å²) >= 11 is 0. The van der Waals surface area contributed by atoms with Crippen molar-refractivity contribution in [2.45, 2.75) is 55.7 Å². The van der Waals surface area contributed by atoms with E-state index >= 15 is 0 Å². The Morgan fingerprint density at radius 1 is 1.21 bits per heavy atom. The minimum Gasteiger partial charge on any atom is -0.355 e. The highest BCUT2D eigenvalue weighted by molar-refractivity contribution is 7.89. The molecule has 1 aromatic rings. The van der Waals surface area contributed by atoms with Crippen LogP contribution in [0.1, 0.15) is 38.2 Å². The van der Waals surface area contributed by atoms with Crippen molar-refractivity contribution in [2.75, 3.05) is 25.9 Å². The van der Waals surface area contributed by atoms with E-state index in [4.69, 9.17) is 0 Å². The Morgan fingerprint density at radius 3 is 2.57 bits per heavy atom. The van der Waals surface area contributed by atoms with E-state index in [2.05, 4.69) is 20.3 Å². The molecule has 1 aliphatic rings. The third-order valence-corrected chi connectivity index (χ3v) is 8.11. The number of sulfonamides is 1. The van der Waals surface area contributed by atoms with Gasteiger partial charge in [-0.3, -0.25) is 9.20 Å². The first-order valence-corrected chi connectivity index (χ1v) is 12.6. The Bertz CT molecular complexity index is 779. The van der Waals surface area contributed by atoms with E-state index in [0.29, 0.717) is 18.3 Å². The third kappa shape index (κ3) is 6.86. The largest absolute Gasteiger partial charge is 0.355 e. The van der Waals surface area contributed by atoms with Gasteiger partial charge in [0.2, 0.25) is 10.0 Å². The Morgan fingerprint density at radius 2 is 1.93 bits per heavy atom. The molecule has 0 aromatic heterocycles. The van der Waals surface area contributed by atoms with Crippen molar-refractivity contribution < 1.29 is 12.6 Å². The molecule has 1 saturated carbocycles. The first kappa shape index (κ1) is 22.8. The fourth-order valence-corrected chi connectivity index (χ4v) is 5.69. The van der Waals surface area contributed by atoms with Crippen LogP contribution in [0.15, 0.2) is 34.2 Å². The van der Waals surface area contributed by atoms with Crippen molar-refractivity contribution in [3.05, 3.63) is 29.8 Å². The van der Waals surface area contributed by atoms with E-state index in [1.54, 1.807) is 31.3 Å². The molecule has 0 saturated heterocycles. The summed E-state index contributed by atoms with van der Waals surface area (Å²) in [4.78, 5) is 4.48. The van der Waals surface area contributed by atoms with Crippen LogP contribution in [0.4, 0.5) is 0 Å². The summed E-state index contributed by atoms with van der Waals surface area (Å²) in [6.07, 6.45) is 3.98. The Balaban J connectivity index is 1.78. The van der Waals surface area contributed by atoms with Crippen LogP contribution < -0.4 is 15.4 Å². The molecule has 1 fully saturated rings. The lowest BCUT2D eigenvalue weighted by molar-refractivity contribution is 0.413. The van der Waals surface area contributed by atoms with Gasteiger partial charge >= 0.3 is 0 Å². The number of aliphatic imine (C=N–C) groups is 1. The Labute approximate surface area is 171 Å². The van der Waals surface area contributed by atoms with E-state index < -0.39 is 20.8 Å². The minimum atomic E-state index is -3.51. The third-order valence-electron chi connectivity index (χ3n) is 4.89. The highest BCUT2D eigenvalue weighted by Gasteiger charge is 2.26. The monoisotopic (exact) mass is 428 g/mol. The van der Waals surface area contributed by atoms with Crippen LogP contribution in [0, 0.1) is 6.92 Å². The molecule has 1 aromatic carbocycles. The second-order valence-electron chi connectivity index (χ2n) is 7.01. The van der Waals surface area contributed by atoms with Crippen LogP contribution in [0.5, 0.6) is 0 Å². The van der Waals surface area contributed by atoms with Gasteiger partial charge in [-0.2, -0.15) is 0 Å². The first-order valence-electron chi connectivity index (χ1n) is 9.76. The van der Waals surface area contributed by atoms with Crippen LogP contribution in [0.25, 0.3) is 0 Å². The second kappa shape index (κ2) is 10.9. The fraction of sp³-hybridized carbons (Fsp3) is 0.632. The molecule has 28 heavy (non-hydrogen) atoms. The molecule has 0 amide bonds. The first-order chi connectivity index (χ1) is 13.4. The summed E-state index contributed by atoms with van der Waals surface area (Å²) in [6, 6.07) is 7.00. The summed E-state index contributed by atoms with van der Waals surface area (Å²) in [7, 11) is -2.59. The number of hydrogen-bond donors (Lipinski definition) is 3. The molecule has 0 bridgehead atoms. The maximum Gasteiger partial charge on any atom is 0.240 e. The predicted octanol–water partition coefficient (Wildman–Crippen LogP) is 1.52. The molecule has 0 radical (unpaired) electrons. The van der Waals surface area contributed by atoms with E-state index in [9.17, 15) is 12.6 Å². The lowest BCUT2D eigenvalue weighted by Crippen LogP contribution is -2.48. The van der Waals surface area contributed by atoms with Gasteiger partial charge < -0.3 is 10.6 Å². The standard InChI is InChI=1S/C19H32N4O3S2/c1-4-27(24)17-7-5-6-16(14-17)23-19(20-3)21-12-13-22-28(25,26)18-10-8-15(2)9-11-18/h8-11,16-17,22H,4-7,12-14H2,1-3H3,(H2,20,21,23). The molecule has 2 rings (SSSR count). The SMILES string of the molecule is CCS(=O)C1CCCC(NC(=NC)NCCNS(=O)(=O)c2ccc(C)cc2)C1. The number of aryl methyl sites for hydroxylation is 1. The molecular formula is C19H32N4O3S2. The van der Waals surface area contributed by atoms with Gasteiger partial charge in [0.25, 0.3) is 0 Å². The van der Waals surface area contributed by atoms with Gasteiger partial charge in [0.05, 0.1) is 4.90 Å². The topological polar surface area (TPSA) is 99.7 Å². The van der Waals surface area contributed by atoms with Gasteiger partial charge in [-0.15, -0.1) is 0 Å². The smallest absolute Gasteiger partial charge is 0.240 e. The summed E-state index contributed by atoms with van der Waals surface area (Å²) in [6.45, 7) is 4.55. The Hall–Kier alpha value is -1.45. The molecule has 9 heteroatoms. The second-order valence-corrected chi connectivity index (χ2v) is 10.8. The zero-order chi connectivity index (χ0) is 20.6. The molecule has 158 valence electrons. The van der Waals surface area contributed by atoms with Crippen LogP contribution in [0.2, 0.25) is 0 Å². The number of hydrogen-bond acceptors (Lipinski definition) is 4. The van der Waals surface area contributed by atoms with Crippen LogP contribution in [0.3, 0.4) is 0 Å².